The molecule has 0 bridgehead atoms. The van der Waals surface area contributed by atoms with Gasteiger partial charge in [-0.1, -0.05) is 20.8 Å². The third-order valence-corrected chi connectivity index (χ3v) is 4.59. The second kappa shape index (κ2) is 4.11. The minimum Gasteiger partial charge on any atom is -0.311 e. The Morgan fingerprint density at radius 1 is 1.38 bits per heavy atom. The first kappa shape index (κ1) is 12.1. The summed E-state index contributed by atoms with van der Waals surface area (Å²) in [4.78, 5) is 4.83. The van der Waals surface area contributed by atoms with E-state index in [1.807, 2.05) is 11.3 Å². The van der Waals surface area contributed by atoms with Crippen LogP contribution in [-0.4, -0.2) is 17.1 Å². The molecule has 0 spiro atoms. The fraction of sp³-hybridized carbons (Fsp3) is 0.769. The van der Waals surface area contributed by atoms with Crippen molar-refractivity contribution in [2.75, 3.05) is 0 Å². The molecule has 3 atom stereocenters. The number of thiazole rings is 1. The molecule has 0 radical (unpaired) electrons. The fourth-order valence-electron chi connectivity index (χ4n) is 2.40. The van der Waals surface area contributed by atoms with Gasteiger partial charge in [-0.15, -0.1) is 11.3 Å². The molecule has 1 aliphatic rings. The van der Waals surface area contributed by atoms with Crippen LogP contribution in [0.15, 0.2) is 5.38 Å². The van der Waals surface area contributed by atoms with Gasteiger partial charge in [0.1, 0.15) is 0 Å². The molecule has 0 saturated carbocycles. The highest BCUT2D eigenvalue weighted by Crippen LogP contribution is 2.34. The highest BCUT2D eigenvalue weighted by atomic mass is 32.1. The van der Waals surface area contributed by atoms with Gasteiger partial charge in [-0.3, -0.25) is 0 Å². The van der Waals surface area contributed by atoms with Gasteiger partial charge in [0.25, 0.3) is 0 Å². The summed E-state index contributed by atoms with van der Waals surface area (Å²) in [6.07, 6.45) is 1.22. The minimum atomic E-state index is 0.184. The van der Waals surface area contributed by atoms with Crippen LogP contribution in [0, 0.1) is 0 Å². The molecule has 1 N–H and O–H groups in total. The van der Waals surface area contributed by atoms with E-state index in [9.17, 15) is 0 Å². The van der Waals surface area contributed by atoms with Crippen LogP contribution in [0.25, 0.3) is 0 Å². The Labute approximate surface area is 102 Å². The second-order valence-electron chi connectivity index (χ2n) is 6.03. The number of hydrogen-bond acceptors (Lipinski definition) is 3. The van der Waals surface area contributed by atoms with Crippen molar-refractivity contribution in [3.8, 4) is 0 Å². The number of nitrogens with one attached hydrogen (secondary N) is 1. The summed E-state index contributed by atoms with van der Waals surface area (Å²) in [5.74, 6) is 0.599. The molecule has 0 amide bonds. The van der Waals surface area contributed by atoms with Crippen molar-refractivity contribution in [1.29, 1.82) is 0 Å². The van der Waals surface area contributed by atoms with E-state index in [4.69, 9.17) is 4.98 Å². The number of rotatable bonds is 1. The summed E-state index contributed by atoms with van der Waals surface area (Å²) >= 11 is 1.81. The lowest BCUT2D eigenvalue weighted by Gasteiger charge is -2.15. The van der Waals surface area contributed by atoms with E-state index < -0.39 is 0 Å². The maximum atomic E-state index is 4.83. The van der Waals surface area contributed by atoms with Gasteiger partial charge in [-0.25, -0.2) is 4.98 Å². The largest absolute Gasteiger partial charge is 0.311 e. The van der Waals surface area contributed by atoms with Gasteiger partial charge in [0, 0.05) is 28.8 Å². The van der Waals surface area contributed by atoms with Crippen LogP contribution in [0.1, 0.15) is 57.7 Å². The third-order valence-electron chi connectivity index (χ3n) is 3.30. The topological polar surface area (TPSA) is 24.9 Å². The first-order valence-corrected chi connectivity index (χ1v) is 6.98. The normalized spacial score (nSPS) is 30.9. The number of nitrogens with zero attached hydrogens (tertiary/aromatic N) is 1. The molecular weight excluding hydrogens is 216 g/mol. The first-order valence-electron chi connectivity index (χ1n) is 6.10. The van der Waals surface area contributed by atoms with Gasteiger partial charge in [0.2, 0.25) is 0 Å². The van der Waals surface area contributed by atoms with Crippen molar-refractivity contribution in [3.63, 3.8) is 0 Å². The van der Waals surface area contributed by atoms with E-state index in [0.29, 0.717) is 18.0 Å². The van der Waals surface area contributed by atoms with Crippen molar-refractivity contribution in [1.82, 2.24) is 10.3 Å². The molecule has 1 aromatic rings. The summed E-state index contributed by atoms with van der Waals surface area (Å²) in [5, 5.41) is 7.09. The molecule has 2 nitrogen and oxygen atoms in total. The maximum absolute atomic E-state index is 4.83. The predicted molar refractivity (Wildman–Crippen MR) is 70.2 cm³/mol. The van der Waals surface area contributed by atoms with Crippen LogP contribution in [0.3, 0.4) is 0 Å². The lowest BCUT2D eigenvalue weighted by atomic mass is 9.96. The molecule has 3 unspecified atom stereocenters. The molecule has 2 heterocycles. The molecule has 1 saturated heterocycles. The van der Waals surface area contributed by atoms with Crippen LogP contribution in [0.2, 0.25) is 0 Å². The van der Waals surface area contributed by atoms with E-state index >= 15 is 0 Å². The van der Waals surface area contributed by atoms with Crippen molar-refractivity contribution < 1.29 is 0 Å². The maximum Gasteiger partial charge on any atom is 0.0982 e. The molecule has 2 rings (SSSR count). The van der Waals surface area contributed by atoms with Crippen LogP contribution in [-0.2, 0) is 5.41 Å². The van der Waals surface area contributed by atoms with E-state index in [0.717, 1.165) is 0 Å². The molecule has 1 aromatic heterocycles. The lowest BCUT2D eigenvalue weighted by molar-refractivity contribution is 0.556. The highest BCUT2D eigenvalue weighted by Gasteiger charge is 2.31. The molecular formula is C13H22N2S. The Balaban J connectivity index is 2.19. The Morgan fingerprint density at radius 3 is 2.50 bits per heavy atom. The SMILES string of the molecule is CC1CC(c2csc(C(C)(C)C)n2)C(C)N1. The van der Waals surface area contributed by atoms with Gasteiger partial charge in [-0.05, 0) is 20.3 Å². The van der Waals surface area contributed by atoms with E-state index in [-0.39, 0.29) is 5.41 Å². The predicted octanol–water partition coefficient (Wildman–Crippen LogP) is 3.29. The summed E-state index contributed by atoms with van der Waals surface area (Å²) in [5.41, 5.74) is 1.48. The van der Waals surface area contributed by atoms with Gasteiger partial charge in [0.05, 0.1) is 10.7 Å². The standard InChI is InChI=1S/C13H22N2S/c1-8-6-10(9(2)14-8)11-7-16-12(15-11)13(3,4)5/h7-10,14H,6H2,1-5H3. The fourth-order valence-corrected chi connectivity index (χ4v) is 3.37. The average Bonchev–Trinajstić information content (AvgIpc) is 2.70. The first-order chi connectivity index (χ1) is 7.38. The molecule has 16 heavy (non-hydrogen) atoms. The zero-order chi connectivity index (χ0) is 11.9. The van der Waals surface area contributed by atoms with E-state index in [2.05, 4.69) is 45.3 Å². The average molecular weight is 238 g/mol. The minimum absolute atomic E-state index is 0.184. The second-order valence-corrected chi connectivity index (χ2v) is 6.88. The zero-order valence-electron chi connectivity index (χ0n) is 10.9. The Morgan fingerprint density at radius 2 is 2.06 bits per heavy atom. The van der Waals surface area contributed by atoms with Crippen molar-refractivity contribution in [2.24, 2.45) is 0 Å². The summed E-state index contributed by atoms with van der Waals surface area (Å²) < 4.78 is 0. The zero-order valence-corrected chi connectivity index (χ0v) is 11.7. The Bertz CT molecular complexity index is 364. The summed E-state index contributed by atoms with van der Waals surface area (Å²) in [7, 11) is 0. The van der Waals surface area contributed by atoms with Crippen molar-refractivity contribution >= 4 is 11.3 Å². The molecule has 90 valence electrons. The van der Waals surface area contributed by atoms with Crippen LogP contribution in [0.4, 0.5) is 0 Å². The van der Waals surface area contributed by atoms with E-state index in [1.165, 1.54) is 17.1 Å². The number of hydrogen-bond donors (Lipinski definition) is 1. The van der Waals surface area contributed by atoms with E-state index in [1.54, 1.807) is 0 Å². The molecule has 0 aliphatic carbocycles. The lowest BCUT2D eigenvalue weighted by Crippen LogP contribution is -2.26. The molecule has 1 aliphatic heterocycles. The number of aromatic nitrogens is 1. The van der Waals surface area contributed by atoms with Crippen LogP contribution < -0.4 is 5.32 Å². The van der Waals surface area contributed by atoms with Crippen molar-refractivity contribution in [3.05, 3.63) is 16.1 Å². The molecule has 0 aromatic carbocycles. The molecule has 3 heteroatoms. The summed E-state index contributed by atoms with van der Waals surface area (Å²) in [6.45, 7) is 11.2. The Kier molecular flexibility index (Phi) is 3.10. The Hall–Kier alpha value is -0.410. The van der Waals surface area contributed by atoms with Gasteiger partial charge >= 0.3 is 0 Å². The van der Waals surface area contributed by atoms with Gasteiger partial charge < -0.3 is 5.32 Å². The van der Waals surface area contributed by atoms with Gasteiger partial charge in [-0.2, -0.15) is 0 Å². The summed E-state index contributed by atoms with van der Waals surface area (Å²) in [6, 6.07) is 1.18. The van der Waals surface area contributed by atoms with Crippen molar-refractivity contribution in [2.45, 2.75) is 64.5 Å². The van der Waals surface area contributed by atoms with Crippen LogP contribution in [0.5, 0.6) is 0 Å². The third kappa shape index (κ3) is 2.30. The quantitative estimate of drug-likeness (QED) is 0.812. The monoisotopic (exact) mass is 238 g/mol. The molecule has 1 fully saturated rings. The van der Waals surface area contributed by atoms with Crippen LogP contribution >= 0.6 is 11.3 Å². The van der Waals surface area contributed by atoms with Gasteiger partial charge in [0.15, 0.2) is 0 Å². The smallest absolute Gasteiger partial charge is 0.0982 e. The highest BCUT2D eigenvalue weighted by molar-refractivity contribution is 7.09.